The molecule has 1 aromatic heterocycles. The number of benzene rings is 2. The molecule has 0 aliphatic heterocycles. The molecule has 3 aromatic rings. The first-order valence-electron chi connectivity index (χ1n) is 8.43. The maximum atomic E-state index is 13.4. The number of Topliss-reactive ketones (excluding diaryl/α,β-unsaturated/α-hetero) is 1. The van der Waals surface area contributed by atoms with Gasteiger partial charge in [-0.1, -0.05) is 29.8 Å². The fraction of sp³-hybridized carbons (Fsp3) is 0.200. The van der Waals surface area contributed by atoms with Crippen molar-refractivity contribution in [2.24, 2.45) is 11.5 Å². The molecule has 0 bridgehead atoms. The predicted molar refractivity (Wildman–Crippen MR) is 106 cm³/mol. The van der Waals surface area contributed by atoms with Crippen LogP contribution in [0.1, 0.15) is 43.5 Å². The summed E-state index contributed by atoms with van der Waals surface area (Å²) in [7, 11) is 0. The molecule has 0 fully saturated rings. The molecule has 0 saturated carbocycles. The van der Waals surface area contributed by atoms with Crippen LogP contribution >= 0.6 is 11.3 Å². The largest absolute Gasteiger partial charge is 0.477 e. The SMILES string of the molecule is Cc1ccc(C2(N)C(=O)C(N)c3c(C(=O)O)sc4c(N)ccc2c34)c(C)c1. The molecule has 1 aliphatic carbocycles. The number of rotatable bonds is 2. The number of anilines is 1. The van der Waals surface area contributed by atoms with E-state index in [-0.39, 0.29) is 4.88 Å². The van der Waals surface area contributed by atoms with Gasteiger partial charge in [-0.05, 0) is 36.6 Å². The Morgan fingerprint density at radius 3 is 2.48 bits per heavy atom. The summed E-state index contributed by atoms with van der Waals surface area (Å²) in [6.07, 6.45) is 0. The number of carbonyl (C=O) groups is 2. The number of aromatic carboxylic acids is 1. The van der Waals surface area contributed by atoms with Crippen LogP contribution in [0.2, 0.25) is 0 Å². The van der Waals surface area contributed by atoms with Crippen molar-refractivity contribution in [3.8, 4) is 0 Å². The Balaban J connectivity index is 2.16. The molecule has 4 rings (SSSR count). The molecule has 138 valence electrons. The summed E-state index contributed by atoms with van der Waals surface area (Å²) in [5, 5.41) is 10.2. The Bertz CT molecular complexity index is 1150. The van der Waals surface area contributed by atoms with Crippen molar-refractivity contribution in [1.82, 2.24) is 0 Å². The number of hydrogen-bond acceptors (Lipinski definition) is 6. The molecule has 0 saturated heterocycles. The van der Waals surface area contributed by atoms with Gasteiger partial charge in [0.25, 0.3) is 0 Å². The van der Waals surface area contributed by atoms with Crippen LogP contribution in [-0.2, 0) is 10.3 Å². The molecule has 7 heteroatoms. The third-order valence-corrected chi connectivity index (χ3v) is 6.56. The fourth-order valence-corrected chi connectivity index (χ4v) is 5.21. The molecule has 2 unspecified atom stereocenters. The molecule has 27 heavy (non-hydrogen) atoms. The molecule has 0 radical (unpaired) electrons. The summed E-state index contributed by atoms with van der Waals surface area (Å²) >= 11 is 1.03. The van der Waals surface area contributed by atoms with Crippen LogP contribution in [0.3, 0.4) is 0 Å². The first kappa shape index (κ1) is 17.7. The molecular weight excluding hydrogens is 362 g/mol. The first-order chi connectivity index (χ1) is 12.7. The van der Waals surface area contributed by atoms with Crippen molar-refractivity contribution in [2.75, 3.05) is 5.73 Å². The van der Waals surface area contributed by atoms with E-state index in [1.165, 1.54) is 0 Å². The van der Waals surface area contributed by atoms with Gasteiger partial charge in [-0.2, -0.15) is 0 Å². The van der Waals surface area contributed by atoms with Gasteiger partial charge in [0.1, 0.15) is 10.4 Å². The number of thiophene rings is 1. The number of carbonyl (C=O) groups excluding carboxylic acids is 1. The van der Waals surface area contributed by atoms with Crippen LogP contribution in [0.25, 0.3) is 10.1 Å². The predicted octanol–water partition coefficient (Wildman–Crippen LogP) is 2.58. The van der Waals surface area contributed by atoms with Crippen molar-refractivity contribution in [3.63, 3.8) is 0 Å². The van der Waals surface area contributed by atoms with Crippen molar-refractivity contribution < 1.29 is 14.7 Å². The lowest BCUT2D eigenvalue weighted by Gasteiger charge is -2.37. The van der Waals surface area contributed by atoms with E-state index in [2.05, 4.69) is 0 Å². The Hall–Kier alpha value is -2.74. The summed E-state index contributed by atoms with van der Waals surface area (Å²) in [4.78, 5) is 25.2. The van der Waals surface area contributed by atoms with Gasteiger partial charge in [-0.15, -0.1) is 11.3 Å². The zero-order valence-electron chi connectivity index (χ0n) is 14.9. The van der Waals surface area contributed by atoms with Crippen LogP contribution in [0.5, 0.6) is 0 Å². The number of ketones is 1. The zero-order chi connectivity index (χ0) is 19.7. The topological polar surface area (TPSA) is 132 Å². The van der Waals surface area contributed by atoms with Gasteiger partial charge in [0, 0.05) is 16.6 Å². The van der Waals surface area contributed by atoms with Gasteiger partial charge in [0.2, 0.25) is 0 Å². The van der Waals surface area contributed by atoms with Crippen LogP contribution in [0.15, 0.2) is 30.3 Å². The standard InChI is InChI=1S/C20H19N3O3S/c1-8-3-4-10(9(2)7-8)20(23)11-5-6-12(21)16-13(11)14(15(22)18(20)24)17(27-16)19(25)26/h3-7,15H,21-23H2,1-2H3,(H,25,26). The molecular formula is C20H19N3O3S. The van der Waals surface area contributed by atoms with Crippen molar-refractivity contribution in [1.29, 1.82) is 0 Å². The summed E-state index contributed by atoms with van der Waals surface area (Å²) in [5.74, 6) is -1.55. The van der Waals surface area contributed by atoms with E-state index >= 15 is 0 Å². The van der Waals surface area contributed by atoms with E-state index < -0.39 is 23.3 Å². The average Bonchev–Trinajstić information content (AvgIpc) is 3.01. The molecule has 1 heterocycles. The molecule has 1 aliphatic rings. The van der Waals surface area contributed by atoms with E-state index in [0.29, 0.717) is 32.5 Å². The maximum Gasteiger partial charge on any atom is 0.346 e. The van der Waals surface area contributed by atoms with E-state index in [1.807, 2.05) is 32.0 Å². The summed E-state index contributed by atoms with van der Waals surface area (Å²) in [6, 6.07) is 7.94. The highest BCUT2D eigenvalue weighted by Gasteiger charge is 2.49. The Morgan fingerprint density at radius 1 is 1.19 bits per heavy atom. The minimum atomic E-state index is -1.47. The second-order valence-corrected chi connectivity index (χ2v) is 8.05. The quantitative estimate of drug-likeness (QED) is 0.504. The molecule has 6 nitrogen and oxygen atoms in total. The van der Waals surface area contributed by atoms with E-state index in [4.69, 9.17) is 17.2 Å². The molecule has 7 N–H and O–H groups in total. The van der Waals surface area contributed by atoms with E-state index in [9.17, 15) is 14.7 Å². The molecule has 0 amide bonds. The smallest absolute Gasteiger partial charge is 0.346 e. The Labute approximate surface area is 159 Å². The highest BCUT2D eigenvalue weighted by molar-refractivity contribution is 7.21. The van der Waals surface area contributed by atoms with Crippen LogP contribution in [0, 0.1) is 13.8 Å². The first-order valence-corrected chi connectivity index (χ1v) is 9.24. The van der Waals surface area contributed by atoms with Gasteiger partial charge in [-0.25, -0.2) is 4.79 Å². The van der Waals surface area contributed by atoms with Crippen LogP contribution in [-0.4, -0.2) is 16.9 Å². The number of carboxylic acids is 1. The monoisotopic (exact) mass is 381 g/mol. The lowest BCUT2D eigenvalue weighted by molar-refractivity contribution is -0.124. The van der Waals surface area contributed by atoms with Gasteiger partial charge < -0.3 is 22.3 Å². The highest BCUT2D eigenvalue weighted by atomic mass is 32.1. The second-order valence-electron chi connectivity index (χ2n) is 7.02. The number of hydrogen-bond donors (Lipinski definition) is 4. The second kappa shape index (κ2) is 5.63. The minimum Gasteiger partial charge on any atom is -0.477 e. The third-order valence-electron chi connectivity index (χ3n) is 5.31. The van der Waals surface area contributed by atoms with Crippen LogP contribution < -0.4 is 17.2 Å². The van der Waals surface area contributed by atoms with Gasteiger partial charge in [-0.3, -0.25) is 4.79 Å². The Morgan fingerprint density at radius 2 is 1.85 bits per heavy atom. The van der Waals surface area contributed by atoms with Crippen molar-refractivity contribution in [2.45, 2.75) is 25.4 Å². The minimum absolute atomic E-state index is 0.0349. The van der Waals surface area contributed by atoms with E-state index in [1.54, 1.807) is 12.1 Å². The lowest BCUT2D eigenvalue weighted by Crippen LogP contribution is -2.52. The van der Waals surface area contributed by atoms with Gasteiger partial charge in [0.15, 0.2) is 5.78 Å². The lowest BCUT2D eigenvalue weighted by atomic mass is 9.69. The maximum absolute atomic E-state index is 13.4. The van der Waals surface area contributed by atoms with Crippen molar-refractivity contribution >= 4 is 38.9 Å². The Kier molecular flexibility index (Phi) is 3.68. The van der Waals surface area contributed by atoms with Crippen LogP contribution in [0.4, 0.5) is 5.69 Å². The molecule has 2 aromatic carbocycles. The molecule has 0 spiro atoms. The summed E-state index contributed by atoms with van der Waals surface area (Å²) in [5.41, 5.74) is 21.5. The van der Waals surface area contributed by atoms with E-state index in [0.717, 1.165) is 22.5 Å². The van der Waals surface area contributed by atoms with Crippen molar-refractivity contribution in [3.05, 3.63) is 63.0 Å². The summed E-state index contributed by atoms with van der Waals surface area (Å²) in [6.45, 7) is 3.86. The number of aryl methyl sites for hydroxylation is 2. The van der Waals surface area contributed by atoms with Gasteiger partial charge in [0.05, 0.1) is 10.7 Å². The summed E-state index contributed by atoms with van der Waals surface area (Å²) < 4.78 is 0.599. The number of carboxylic acid groups (broad SMARTS) is 1. The third kappa shape index (κ3) is 2.19. The molecule has 2 atom stereocenters. The zero-order valence-corrected chi connectivity index (χ0v) is 15.7. The fourth-order valence-electron chi connectivity index (χ4n) is 4.07. The number of nitrogen functional groups attached to an aromatic ring is 1. The number of nitrogens with two attached hydrogens (primary N) is 3. The van der Waals surface area contributed by atoms with Gasteiger partial charge >= 0.3 is 5.97 Å². The average molecular weight is 381 g/mol. The highest BCUT2D eigenvalue weighted by Crippen LogP contribution is 2.49. The normalized spacial score (nSPS) is 21.6.